The molecule has 1 amide bonds. The lowest BCUT2D eigenvalue weighted by molar-refractivity contribution is -0.145. The van der Waals surface area contributed by atoms with Crippen molar-refractivity contribution in [1.29, 1.82) is 0 Å². The van der Waals surface area contributed by atoms with Crippen LogP contribution in [-0.4, -0.2) is 37.0 Å². The number of rotatable bonds is 8. The van der Waals surface area contributed by atoms with E-state index in [9.17, 15) is 9.59 Å². The molecule has 5 heteroatoms. The molecule has 4 nitrogen and oxygen atoms in total. The Labute approximate surface area is 137 Å². The minimum atomic E-state index is -0.363. The molecule has 0 aliphatic carbocycles. The van der Waals surface area contributed by atoms with Gasteiger partial charge in [-0.05, 0) is 18.6 Å². The molecule has 22 heavy (non-hydrogen) atoms. The molecule has 0 spiro atoms. The Hall–Kier alpha value is -1.55. The van der Waals surface area contributed by atoms with Crippen molar-refractivity contribution < 1.29 is 14.3 Å². The second kappa shape index (κ2) is 9.46. The molecule has 0 saturated heterocycles. The van der Waals surface area contributed by atoms with Crippen LogP contribution in [0.3, 0.4) is 0 Å². The second-order valence-corrected chi connectivity index (χ2v) is 5.77. The Balaban J connectivity index is 2.86. The van der Waals surface area contributed by atoms with E-state index in [2.05, 4.69) is 6.92 Å². The maximum Gasteiger partial charge on any atom is 0.310 e. The minimum absolute atomic E-state index is 0.141. The van der Waals surface area contributed by atoms with E-state index >= 15 is 0 Å². The SMILES string of the molecule is CCCCCN(CC(C)C(=O)OC)C(=O)c1ccccc1Cl. The predicted octanol–water partition coefficient (Wildman–Crippen LogP) is 3.78. The fourth-order valence-electron chi connectivity index (χ4n) is 2.24. The van der Waals surface area contributed by atoms with Crippen molar-refractivity contribution in [3.63, 3.8) is 0 Å². The van der Waals surface area contributed by atoms with Crippen LogP contribution < -0.4 is 0 Å². The molecule has 0 aliphatic heterocycles. The summed E-state index contributed by atoms with van der Waals surface area (Å²) in [6.07, 6.45) is 3.01. The fourth-order valence-corrected chi connectivity index (χ4v) is 2.46. The third-order valence-corrected chi connectivity index (χ3v) is 3.85. The van der Waals surface area contributed by atoms with Crippen molar-refractivity contribution in [2.45, 2.75) is 33.1 Å². The average molecular weight is 326 g/mol. The number of halogens is 1. The first-order valence-electron chi connectivity index (χ1n) is 7.62. The average Bonchev–Trinajstić information content (AvgIpc) is 2.53. The highest BCUT2D eigenvalue weighted by atomic mass is 35.5. The Morgan fingerprint density at radius 1 is 1.27 bits per heavy atom. The summed E-state index contributed by atoms with van der Waals surface area (Å²) in [7, 11) is 1.36. The lowest BCUT2D eigenvalue weighted by atomic mass is 10.1. The van der Waals surface area contributed by atoms with Gasteiger partial charge in [-0.2, -0.15) is 0 Å². The number of amides is 1. The number of unbranched alkanes of at least 4 members (excludes halogenated alkanes) is 2. The third kappa shape index (κ3) is 5.34. The molecule has 122 valence electrons. The number of hydrogen-bond donors (Lipinski definition) is 0. The quantitative estimate of drug-likeness (QED) is 0.539. The molecule has 1 unspecified atom stereocenters. The summed E-state index contributed by atoms with van der Waals surface area (Å²) in [4.78, 5) is 26.0. The molecule has 0 N–H and O–H groups in total. The molecule has 1 rings (SSSR count). The molecule has 0 radical (unpaired) electrons. The zero-order valence-electron chi connectivity index (χ0n) is 13.5. The van der Waals surface area contributed by atoms with Crippen LogP contribution in [0.1, 0.15) is 43.5 Å². The van der Waals surface area contributed by atoms with E-state index in [-0.39, 0.29) is 17.8 Å². The number of benzene rings is 1. The number of carbonyl (C=O) groups is 2. The van der Waals surface area contributed by atoms with Gasteiger partial charge in [-0.15, -0.1) is 0 Å². The van der Waals surface area contributed by atoms with Crippen LogP contribution in [0, 0.1) is 5.92 Å². The van der Waals surface area contributed by atoms with Crippen LogP contribution in [0.25, 0.3) is 0 Å². The van der Waals surface area contributed by atoms with Crippen LogP contribution in [0.2, 0.25) is 5.02 Å². The standard InChI is InChI=1S/C17H24ClNO3/c1-4-5-8-11-19(12-13(2)17(21)22-3)16(20)14-9-6-7-10-15(14)18/h6-7,9-10,13H,4-5,8,11-12H2,1-3H3. The van der Waals surface area contributed by atoms with Crippen LogP contribution in [0.4, 0.5) is 0 Å². The molecule has 0 aromatic heterocycles. The number of carbonyl (C=O) groups excluding carboxylic acids is 2. The zero-order valence-corrected chi connectivity index (χ0v) is 14.2. The molecule has 1 aromatic carbocycles. The first-order chi connectivity index (χ1) is 10.5. The van der Waals surface area contributed by atoms with Gasteiger partial charge in [0, 0.05) is 13.1 Å². The van der Waals surface area contributed by atoms with Gasteiger partial charge in [0.05, 0.1) is 23.6 Å². The van der Waals surface area contributed by atoms with Crippen LogP contribution in [0.5, 0.6) is 0 Å². The van der Waals surface area contributed by atoms with Crippen LogP contribution in [-0.2, 0) is 9.53 Å². The van der Waals surface area contributed by atoms with Crippen LogP contribution >= 0.6 is 11.6 Å². The van der Waals surface area contributed by atoms with Gasteiger partial charge in [0.25, 0.3) is 5.91 Å². The maximum absolute atomic E-state index is 12.7. The maximum atomic E-state index is 12.7. The van der Waals surface area contributed by atoms with Crippen LogP contribution in [0.15, 0.2) is 24.3 Å². The van der Waals surface area contributed by atoms with E-state index in [1.807, 2.05) is 0 Å². The Morgan fingerprint density at radius 3 is 2.55 bits per heavy atom. The Kier molecular flexibility index (Phi) is 7.96. The van der Waals surface area contributed by atoms with E-state index in [4.69, 9.17) is 16.3 Å². The zero-order chi connectivity index (χ0) is 16.5. The Morgan fingerprint density at radius 2 is 1.95 bits per heavy atom. The van der Waals surface area contributed by atoms with Gasteiger partial charge >= 0.3 is 5.97 Å². The van der Waals surface area contributed by atoms with Gasteiger partial charge < -0.3 is 9.64 Å². The largest absolute Gasteiger partial charge is 0.469 e. The summed E-state index contributed by atoms with van der Waals surface area (Å²) in [5.74, 6) is -0.817. The molecular formula is C17H24ClNO3. The molecule has 0 heterocycles. The van der Waals surface area contributed by atoms with Crippen molar-refractivity contribution in [2.24, 2.45) is 5.92 Å². The highest BCUT2D eigenvalue weighted by molar-refractivity contribution is 6.33. The summed E-state index contributed by atoms with van der Waals surface area (Å²) in [5, 5.41) is 0.429. The normalized spacial score (nSPS) is 11.8. The Bertz CT molecular complexity index is 504. The summed E-state index contributed by atoms with van der Waals surface area (Å²) < 4.78 is 4.74. The molecule has 0 saturated carbocycles. The van der Waals surface area contributed by atoms with E-state index < -0.39 is 0 Å². The smallest absolute Gasteiger partial charge is 0.310 e. The number of nitrogens with zero attached hydrogens (tertiary/aromatic N) is 1. The van der Waals surface area contributed by atoms with Crippen molar-refractivity contribution in [3.8, 4) is 0 Å². The van der Waals surface area contributed by atoms with Gasteiger partial charge in [0.2, 0.25) is 0 Å². The summed E-state index contributed by atoms with van der Waals surface area (Å²) in [5.41, 5.74) is 0.470. The summed E-state index contributed by atoms with van der Waals surface area (Å²) in [6.45, 7) is 4.81. The topological polar surface area (TPSA) is 46.6 Å². The van der Waals surface area contributed by atoms with Crippen molar-refractivity contribution in [1.82, 2.24) is 4.90 Å². The molecule has 0 aliphatic rings. The number of ether oxygens (including phenoxy) is 1. The second-order valence-electron chi connectivity index (χ2n) is 5.36. The van der Waals surface area contributed by atoms with Crippen molar-refractivity contribution in [2.75, 3.05) is 20.2 Å². The molecular weight excluding hydrogens is 302 g/mol. The van der Waals surface area contributed by atoms with E-state index in [0.29, 0.717) is 23.7 Å². The van der Waals surface area contributed by atoms with Crippen molar-refractivity contribution in [3.05, 3.63) is 34.9 Å². The summed E-state index contributed by atoms with van der Waals surface area (Å²) in [6, 6.07) is 6.98. The molecule has 0 fully saturated rings. The van der Waals surface area contributed by atoms with E-state index in [1.54, 1.807) is 36.1 Å². The van der Waals surface area contributed by atoms with Crippen molar-refractivity contribution >= 4 is 23.5 Å². The molecule has 1 atom stereocenters. The number of hydrogen-bond acceptors (Lipinski definition) is 3. The number of esters is 1. The van der Waals surface area contributed by atoms with Gasteiger partial charge in [-0.1, -0.05) is 50.4 Å². The number of methoxy groups -OCH3 is 1. The van der Waals surface area contributed by atoms with Gasteiger partial charge in [0.15, 0.2) is 0 Å². The predicted molar refractivity (Wildman–Crippen MR) is 88.1 cm³/mol. The third-order valence-electron chi connectivity index (χ3n) is 3.52. The molecule has 0 bridgehead atoms. The van der Waals surface area contributed by atoms with Gasteiger partial charge in [-0.25, -0.2) is 0 Å². The lowest BCUT2D eigenvalue weighted by Crippen LogP contribution is -2.38. The summed E-state index contributed by atoms with van der Waals surface area (Å²) >= 11 is 6.11. The molecule has 1 aromatic rings. The van der Waals surface area contributed by atoms with Gasteiger partial charge in [0.1, 0.15) is 0 Å². The van der Waals surface area contributed by atoms with E-state index in [0.717, 1.165) is 19.3 Å². The monoisotopic (exact) mass is 325 g/mol. The first-order valence-corrected chi connectivity index (χ1v) is 8.00. The van der Waals surface area contributed by atoms with E-state index in [1.165, 1.54) is 7.11 Å². The first kappa shape index (κ1) is 18.5. The highest BCUT2D eigenvalue weighted by Gasteiger charge is 2.23. The fraction of sp³-hybridized carbons (Fsp3) is 0.529. The van der Waals surface area contributed by atoms with Gasteiger partial charge in [-0.3, -0.25) is 9.59 Å². The highest BCUT2D eigenvalue weighted by Crippen LogP contribution is 2.18. The minimum Gasteiger partial charge on any atom is -0.469 e. The lowest BCUT2D eigenvalue weighted by Gasteiger charge is -2.25.